The molecule has 25 heavy (non-hydrogen) atoms. The molecule has 0 heterocycles. The number of halogens is 1. The Morgan fingerprint density at radius 3 is 2.68 bits per heavy atom. The zero-order chi connectivity index (χ0) is 18.1. The van der Waals surface area contributed by atoms with Crippen molar-refractivity contribution < 1.29 is 18.7 Å². The Bertz CT molecular complexity index is 703. The first kappa shape index (κ1) is 18.8. The Morgan fingerprint density at radius 1 is 1.16 bits per heavy atom. The molecule has 2 aromatic rings. The lowest BCUT2D eigenvalue weighted by Gasteiger charge is -2.11. The summed E-state index contributed by atoms with van der Waals surface area (Å²) in [7, 11) is 1.39. The van der Waals surface area contributed by atoms with Crippen LogP contribution in [-0.4, -0.2) is 26.2 Å². The second kappa shape index (κ2) is 9.67. The van der Waals surface area contributed by atoms with Crippen molar-refractivity contribution in [2.45, 2.75) is 26.2 Å². The highest BCUT2D eigenvalue weighted by atomic mass is 19.1. The third kappa shape index (κ3) is 5.48. The summed E-state index contributed by atoms with van der Waals surface area (Å²) in [5, 5.41) is 2.81. The van der Waals surface area contributed by atoms with E-state index in [1.807, 2.05) is 24.3 Å². The number of ether oxygens (including phenoxy) is 2. The number of hydrogen-bond acceptors (Lipinski definition) is 3. The fourth-order valence-corrected chi connectivity index (χ4v) is 2.45. The van der Waals surface area contributed by atoms with E-state index in [0.717, 1.165) is 30.6 Å². The molecule has 0 bridgehead atoms. The Morgan fingerprint density at radius 2 is 1.96 bits per heavy atom. The summed E-state index contributed by atoms with van der Waals surface area (Å²) >= 11 is 0. The van der Waals surface area contributed by atoms with Gasteiger partial charge in [-0.15, -0.1) is 0 Å². The van der Waals surface area contributed by atoms with Crippen molar-refractivity contribution in [1.82, 2.24) is 5.32 Å². The summed E-state index contributed by atoms with van der Waals surface area (Å²) < 4.78 is 24.2. The van der Waals surface area contributed by atoms with Crippen LogP contribution < -0.4 is 14.8 Å². The van der Waals surface area contributed by atoms with E-state index in [-0.39, 0.29) is 17.2 Å². The molecule has 0 aromatic heterocycles. The van der Waals surface area contributed by atoms with E-state index in [0.29, 0.717) is 13.2 Å². The van der Waals surface area contributed by atoms with E-state index < -0.39 is 5.82 Å². The Balaban J connectivity index is 1.83. The van der Waals surface area contributed by atoms with Gasteiger partial charge in [0.25, 0.3) is 5.91 Å². The van der Waals surface area contributed by atoms with Crippen LogP contribution in [0.15, 0.2) is 42.5 Å². The topological polar surface area (TPSA) is 47.6 Å². The van der Waals surface area contributed by atoms with Crippen LogP contribution in [0.4, 0.5) is 4.39 Å². The van der Waals surface area contributed by atoms with Crippen LogP contribution in [0.1, 0.15) is 35.7 Å². The third-order valence-corrected chi connectivity index (χ3v) is 3.76. The third-order valence-electron chi connectivity index (χ3n) is 3.76. The molecule has 0 fully saturated rings. The minimum atomic E-state index is -0.544. The van der Waals surface area contributed by atoms with Gasteiger partial charge < -0.3 is 14.8 Å². The molecule has 0 aliphatic carbocycles. The van der Waals surface area contributed by atoms with Crippen molar-refractivity contribution in [1.29, 1.82) is 0 Å². The summed E-state index contributed by atoms with van der Waals surface area (Å²) in [4.78, 5) is 12.1. The van der Waals surface area contributed by atoms with Gasteiger partial charge in [0.1, 0.15) is 5.75 Å². The van der Waals surface area contributed by atoms with E-state index in [4.69, 9.17) is 9.47 Å². The molecule has 0 radical (unpaired) electrons. The maximum Gasteiger partial charge on any atom is 0.251 e. The number of methoxy groups -OCH3 is 1. The molecular formula is C20H24FNO3. The van der Waals surface area contributed by atoms with Gasteiger partial charge in [0.05, 0.1) is 13.7 Å². The largest absolute Gasteiger partial charge is 0.494 e. The number of amides is 1. The van der Waals surface area contributed by atoms with Crippen molar-refractivity contribution in [2.75, 3.05) is 20.3 Å². The van der Waals surface area contributed by atoms with Crippen molar-refractivity contribution in [3.8, 4) is 11.5 Å². The monoisotopic (exact) mass is 345 g/mol. The fraction of sp³-hybridized carbons (Fsp3) is 0.350. The second-order valence-electron chi connectivity index (χ2n) is 5.66. The molecule has 1 amide bonds. The molecule has 134 valence electrons. The SMILES string of the molecule is CCCOc1ccccc1CCCNC(=O)c1ccc(OC)c(F)c1. The van der Waals surface area contributed by atoms with Gasteiger partial charge in [-0.2, -0.15) is 0 Å². The Labute approximate surface area is 148 Å². The highest BCUT2D eigenvalue weighted by Gasteiger charge is 2.10. The molecule has 0 saturated carbocycles. The molecule has 0 aliphatic rings. The highest BCUT2D eigenvalue weighted by molar-refractivity contribution is 5.94. The van der Waals surface area contributed by atoms with Gasteiger partial charge in [0, 0.05) is 12.1 Å². The van der Waals surface area contributed by atoms with Crippen molar-refractivity contribution in [2.24, 2.45) is 0 Å². The minimum absolute atomic E-state index is 0.125. The average molecular weight is 345 g/mol. The van der Waals surface area contributed by atoms with Crippen molar-refractivity contribution in [3.63, 3.8) is 0 Å². The summed E-state index contributed by atoms with van der Waals surface area (Å²) in [5.74, 6) is 0.183. The van der Waals surface area contributed by atoms with E-state index in [1.54, 1.807) is 6.07 Å². The van der Waals surface area contributed by atoms with Crippen LogP contribution in [-0.2, 0) is 6.42 Å². The zero-order valence-corrected chi connectivity index (χ0v) is 14.7. The van der Waals surface area contributed by atoms with Crippen LogP contribution in [0, 0.1) is 5.82 Å². The Kier molecular flexibility index (Phi) is 7.26. The first-order chi connectivity index (χ1) is 12.2. The summed E-state index contributed by atoms with van der Waals surface area (Å²) in [5.41, 5.74) is 1.41. The summed E-state index contributed by atoms with van der Waals surface area (Å²) in [6.07, 6.45) is 2.54. The molecule has 0 unspecified atom stereocenters. The molecule has 0 atom stereocenters. The van der Waals surface area contributed by atoms with Crippen LogP contribution in [0.25, 0.3) is 0 Å². The van der Waals surface area contributed by atoms with Crippen LogP contribution in [0.3, 0.4) is 0 Å². The van der Waals surface area contributed by atoms with Gasteiger partial charge >= 0.3 is 0 Å². The molecule has 4 nitrogen and oxygen atoms in total. The molecule has 0 spiro atoms. The van der Waals surface area contributed by atoms with E-state index in [1.165, 1.54) is 19.2 Å². The standard InChI is InChI=1S/C20H24FNO3/c1-3-13-25-18-9-5-4-7-15(18)8-6-12-22-20(23)16-10-11-19(24-2)17(21)14-16/h4-5,7,9-11,14H,3,6,8,12-13H2,1-2H3,(H,22,23). The van der Waals surface area contributed by atoms with Gasteiger partial charge in [-0.3, -0.25) is 4.79 Å². The summed E-state index contributed by atoms with van der Waals surface area (Å²) in [6.45, 7) is 3.27. The number of carbonyl (C=O) groups is 1. The lowest BCUT2D eigenvalue weighted by Crippen LogP contribution is -2.24. The van der Waals surface area contributed by atoms with Crippen LogP contribution in [0.5, 0.6) is 11.5 Å². The highest BCUT2D eigenvalue weighted by Crippen LogP contribution is 2.20. The number of nitrogens with one attached hydrogen (secondary N) is 1. The van der Waals surface area contributed by atoms with E-state index in [2.05, 4.69) is 12.2 Å². The molecule has 2 aromatic carbocycles. The zero-order valence-electron chi connectivity index (χ0n) is 14.7. The fourth-order valence-electron chi connectivity index (χ4n) is 2.45. The quantitative estimate of drug-likeness (QED) is 0.699. The van der Waals surface area contributed by atoms with Gasteiger partial charge in [-0.25, -0.2) is 4.39 Å². The normalized spacial score (nSPS) is 10.4. The van der Waals surface area contributed by atoms with E-state index >= 15 is 0 Å². The first-order valence-corrected chi connectivity index (χ1v) is 8.48. The molecule has 5 heteroatoms. The van der Waals surface area contributed by atoms with Crippen LogP contribution >= 0.6 is 0 Å². The Hall–Kier alpha value is -2.56. The molecular weight excluding hydrogens is 321 g/mol. The van der Waals surface area contributed by atoms with Crippen molar-refractivity contribution in [3.05, 3.63) is 59.4 Å². The van der Waals surface area contributed by atoms with E-state index in [9.17, 15) is 9.18 Å². The lowest BCUT2D eigenvalue weighted by atomic mass is 10.1. The van der Waals surface area contributed by atoms with Gasteiger partial charge in [-0.1, -0.05) is 25.1 Å². The smallest absolute Gasteiger partial charge is 0.251 e. The molecule has 2 rings (SSSR count). The predicted molar refractivity (Wildman–Crippen MR) is 95.8 cm³/mol. The van der Waals surface area contributed by atoms with Crippen molar-refractivity contribution >= 4 is 5.91 Å². The maximum absolute atomic E-state index is 13.6. The number of rotatable bonds is 9. The summed E-state index contributed by atoms with van der Waals surface area (Å²) in [6, 6.07) is 12.1. The maximum atomic E-state index is 13.6. The van der Waals surface area contributed by atoms with Gasteiger partial charge in [0.2, 0.25) is 0 Å². The molecule has 0 aliphatic heterocycles. The molecule has 1 N–H and O–H groups in total. The number of aryl methyl sites for hydroxylation is 1. The number of para-hydroxylation sites is 1. The molecule has 0 saturated heterocycles. The minimum Gasteiger partial charge on any atom is -0.494 e. The lowest BCUT2D eigenvalue weighted by molar-refractivity contribution is 0.0952. The average Bonchev–Trinajstić information content (AvgIpc) is 2.64. The second-order valence-corrected chi connectivity index (χ2v) is 5.66. The number of hydrogen-bond donors (Lipinski definition) is 1. The number of carbonyl (C=O) groups excluding carboxylic acids is 1. The number of benzene rings is 2. The van der Waals surface area contributed by atoms with Gasteiger partial charge in [0.15, 0.2) is 11.6 Å². The van der Waals surface area contributed by atoms with Gasteiger partial charge in [-0.05, 0) is 49.1 Å². The predicted octanol–water partition coefficient (Wildman–Crippen LogP) is 3.99. The first-order valence-electron chi connectivity index (χ1n) is 8.48. The van der Waals surface area contributed by atoms with Crippen LogP contribution in [0.2, 0.25) is 0 Å².